The number of carboxylic acid groups (broad SMARTS) is 2. The number of primary amides is 2. The predicted molar refractivity (Wildman–Crippen MR) is 180 cm³/mol. The number of hydrogen-bond donors (Lipinski definition) is 12. The van der Waals surface area contributed by atoms with E-state index in [0.29, 0.717) is 11.3 Å². The smallest absolute Gasteiger partial charge is 0.326 e. The van der Waals surface area contributed by atoms with Crippen molar-refractivity contribution in [3.63, 3.8) is 0 Å². The number of hydrogen-bond acceptors (Lipinski definition) is 12. The molecule has 5 atom stereocenters. The number of aliphatic carboxylic acids is 2. The number of aromatic hydroxyl groups is 1. The van der Waals surface area contributed by atoms with Crippen LogP contribution in [0.25, 0.3) is 0 Å². The highest BCUT2D eigenvalue weighted by Gasteiger charge is 2.31. The van der Waals surface area contributed by atoms with Crippen molar-refractivity contribution in [2.45, 2.75) is 75.2 Å². The Labute approximate surface area is 301 Å². The quantitative estimate of drug-likeness (QED) is 0.0509. The van der Waals surface area contributed by atoms with Crippen LogP contribution in [-0.2, 0) is 56.0 Å². The lowest BCUT2D eigenvalue weighted by Gasteiger charge is -2.24. The van der Waals surface area contributed by atoms with Gasteiger partial charge in [-0.15, -0.1) is 0 Å². The van der Waals surface area contributed by atoms with Crippen LogP contribution in [0.15, 0.2) is 36.8 Å². The third-order valence-corrected chi connectivity index (χ3v) is 7.40. The van der Waals surface area contributed by atoms with Crippen molar-refractivity contribution < 1.29 is 58.5 Å². The van der Waals surface area contributed by atoms with Crippen LogP contribution in [-0.4, -0.2) is 115 Å². The van der Waals surface area contributed by atoms with Gasteiger partial charge in [0.15, 0.2) is 0 Å². The molecule has 288 valence electrons. The third-order valence-electron chi connectivity index (χ3n) is 7.40. The molecule has 22 heteroatoms. The van der Waals surface area contributed by atoms with Crippen LogP contribution in [0.4, 0.5) is 0 Å². The van der Waals surface area contributed by atoms with E-state index < -0.39 is 116 Å². The Bertz CT molecular complexity index is 1630. The van der Waals surface area contributed by atoms with E-state index in [0.717, 1.165) is 0 Å². The standard InChI is InChI=1S/C31H42N10O12/c32-18(5-8-26(46)47)27(48)40-21(10-16-12-35-14-37-16)28(49)36-13-25(45)38-20(9-15-1-3-17(42)4-2-15)29(50)41-22(11-24(34)44)30(51)39-19(31(52)53)6-7-23(33)43/h1-4,12,14,18-22,42H,5-11,13,32H2,(H2,33,43)(H2,34,44)(H,35,37)(H,36,49)(H,38,45)(H,39,51)(H,40,48)(H,41,50)(H,46,47)(H,52,53)/t18-,19-,20-,21-,22-/m0/s1. The summed E-state index contributed by atoms with van der Waals surface area (Å²) < 4.78 is 0. The van der Waals surface area contributed by atoms with Gasteiger partial charge >= 0.3 is 11.9 Å². The van der Waals surface area contributed by atoms with Crippen LogP contribution in [0.1, 0.15) is 43.4 Å². The van der Waals surface area contributed by atoms with E-state index in [9.17, 15) is 53.4 Å². The number of H-pyrrole nitrogens is 1. The fraction of sp³-hybridized carbons (Fsp3) is 0.419. The number of nitrogens with two attached hydrogens (primary N) is 3. The summed E-state index contributed by atoms with van der Waals surface area (Å²) in [5.74, 6) is -9.54. The first-order chi connectivity index (χ1) is 24.9. The second-order valence-corrected chi connectivity index (χ2v) is 11.7. The molecule has 0 aliphatic rings. The Morgan fingerprint density at radius 3 is 1.89 bits per heavy atom. The molecule has 1 aromatic heterocycles. The molecule has 0 fully saturated rings. The normalized spacial score (nSPS) is 13.5. The van der Waals surface area contributed by atoms with Crippen molar-refractivity contribution in [3.8, 4) is 5.75 Å². The van der Waals surface area contributed by atoms with E-state index in [2.05, 4.69) is 36.6 Å². The molecule has 0 aliphatic carbocycles. The number of aromatic nitrogens is 2. The van der Waals surface area contributed by atoms with Gasteiger partial charge in [0.25, 0.3) is 0 Å². The number of rotatable bonds is 23. The van der Waals surface area contributed by atoms with Crippen LogP contribution in [0, 0.1) is 0 Å². The number of aromatic amines is 1. The van der Waals surface area contributed by atoms with E-state index in [-0.39, 0.29) is 25.0 Å². The number of phenols is 1. The average molecular weight is 747 g/mol. The Balaban J connectivity index is 2.22. The first kappa shape index (κ1) is 42.6. The first-order valence-electron chi connectivity index (χ1n) is 15.9. The molecule has 1 heterocycles. The number of carbonyl (C=O) groups excluding carboxylic acids is 7. The molecule has 0 aliphatic heterocycles. The summed E-state index contributed by atoms with van der Waals surface area (Å²) in [5, 5.41) is 39.5. The number of nitrogens with zero attached hydrogens (tertiary/aromatic N) is 1. The highest BCUT2D eigenvalue weighted by molar-refractivity contribution is 5.97. The molecule has 53 heavy (non-hydrogen) atoms. The van der Waals surface area contributed by atoms with Gasteiger partial charge in [0.2, 0.25) is 41.4 Å². The highest BCUT2D eigenvalue weighted by Crippen LogP contribution is 2.12. The Hall–Kier alpha value is -6.58. The summed E-state index contributed by atoms with van der Waals surface area (Å²) in [6.45, 7) is -0.746. The summed E-state index contributed by atoms with van der Waals surface area (Å²) >= 11 is 0. The zero-order valence-corrected chi connectivity index (χ0v) is 28.2. The Morgan fingerprint density at radius 1 is 0.717 bits per heavy atom. The molecular formula is C31H42N10O12. The monoisotopic (exact) mass is 746 g/mol. The largest absolute Gasteiger partial charge is 0.508 e. The summed E-state index contributed by atoms with van der Waals surface area (Å²) in [6, 6.07) is -1.97. The summed E-state index contributed by atoms with van der Waals surface area (Å²) in [5.41, 5.74) is 16.9. The number of nitrogens with one attached hydrogen (secondary N) is 6. The number of carboxylic acids is 2. The minimum absolute atomic E-state index is 0.108. The van der Waals surface area contributed by atoms with Gasteiger partial charge in [0.1, 0.15) is 29.9 Å². The molecule has 2 aromatic rings. The number of amides is 7. The number of carbonyl (C=O) groups is 9. The van der Waals surface area contributed by atoms with Crippen molar-refractivity contribution in [2.75, 3.05) is 6.54 Å². The lowest BCUT2D eigenvalue weighted by atomic mass is 10.0. The van der Waals surface area contributed by atoms with Crippen molar-refractivity contribution in [1.82, 2.24) is 36.6 Å². The highest BCUT2D eigenvalue weighted by atomic mass is 16.4. The predicted octanol–water partition coefficient (Wildman–Crippen LogP) is -4.63. The zero-order chi connectivity index (χ0) is 39.7. The minimum atomic E-state index is -1.73. The van der Waals surface area contributed by atoms with Gasteiger partial charge in [0.05, 0.1) is 25.3 Å². The van der Waals surface area contributed by atoms with Crippen molar-refractivity contribution in [1.29, 1.82) is 0 Å². The lowest BCUT2D eigenvalue weighted by molar-refractivity contribution is -0.143. The van der Waals surface area contributed by atoms with Crippen LogP contribution in [0.5, 0.6) is 5.75 Å². The fourth-order valence-electron chi connectivity index (χ4n) is 4.63. The van der Waals surface area contributed by atoms with Crippen LogP contribution in [0.2, 0.25) is 0 Å². The first-order valence-corrected chi connectivity index (χ1v) is 15.9. The van der Waals surface area contributed by atoms with E-state index in [1.54, 1.807) is 0 Å². The van der Waals surface area contributed by atoms with E-state index in [1.807, 2.05) is 0 Å². The van der Waals surface area contributed by atoms with Gasteiger partial charge in [-0.25, -0.2) is 9.78 Å². The van der Waals surface area contributed by atoms with Crippen LogP contribution in [0.3, 0.4) is 0 Å². The summed E-state index contributed by atoms with van der Waals surface area (Å²) in [7, 11) is 0. The summed E-state index contributed by atoms with van der Waals surface area (Å²) in [4.78, 5) is 117. The van der Waals surface area contributed by atoms with Crippen LogP contribution < -0.4 is 43.8 Å². The van der Waals surface area contributed by atoms with E-state index in [1.165, 1.54) is 36.8 Å². The van der Waals surface area contributed by atoms with Crippen molar-refractivity contribution >= 4 is 53.3 Å². The molecule has 22 nitrogen and oxygen atoms in total. The molecule has 7 amide bonds. The maximum absolute atomic E-state index is 13.5. The SMILES string of the molecule is NC(=O)CC[C@H](NC(=O)[C@H](CC(N)=O)NC(=O)[C@H](Cc1ccc(O)cc1)NC(=O)CNC(=O)[C@H](Cc1cnc[nH]1)NC(=O)[C@@H](N)CCC(=O)O)C(=O)O. The maximum atomic E-state index is 13.5. The minimum Gasteiger partial charge on any atom is -0.508 e. The molecular weight excluding hydrogens is 704 g/mol. The topological polar surface area (TPSA) is 381 Å². The van der Waals surface area contributed by atoms with E-state index in [4.69, 9.17) is 22.3 Å². The summed E-state index contributed by atoms with van der Waals surface area (Å²) in [6.07, 6.45) is 0.0992. The fourth-order valence-corrected chi connectivity index (χ4v) is 4.63. The number of imidazole rings is 1. The lowest BCUT2D eigenvalue weighted by Crippen LogP contribution is -2.58. The van der Waals surface area contributed by atoms with Gasteiger partial charge in [-0.05, 0) is 30.5 Å². The molecule has 0 spiro atoms. The molecule has 15 N–H and O–H groups in total. The molecule has 0 saturated heterocycles. The molecule has 1 aromatic carbocycles. The third kappa shape index (κ3) is 15.9. The average Bonchev–Trinajstić information content (AvgIpc) is 3.60. The van der Waals surface area contributed by atoms with Crippen LogP contribution >= 0.6 is 0 Å². The molecule has 0 bridgehead atoms. The van der Waals surface area contributed by atoms with Gasteiger partial charge in [-0.2, -0.15) is 0 Å². The Morgan fingerprint density at radius 2 is 1.32 bits per heavy atom. The van der Waals surface area contributed by atoms with Gasteiger partial charge in [-0.1, -0.05) is 12.1 Å². The number of benzene rings is 1. The Kier molecular flexibility index (Phi) is 16.8. The van der Waals surface area contributed by atoms with E-state index >= 15 is 0 Å². The van der Waals surface area contributed by atoms with Gasteiger partial charge in [-0.3, -0.25) is 38.4 Å². The van der Waals surface area contributed by atoms with Gasteiger partial charge in [0, 0.05) is 37.6 Å². The number of phenolic OH excluding ortho intramolecular Hbond substituents is 1. The zero-order valence-electron chi connectivity index (χ0n) is 28.2. The molecule has 2 rings (SSSR count). The molecule has 0 unspecified atom stereocenters. The van der Waals surface area contributed by atoms with Gasteiger partial charge < -0.3 is 64.1 Å². The second-order valence-electron chi connectivity index (χ2n) is 11.7. The maximum Gasteiger partial charge on any atom is 0.326 e. The van der Waals surface area contributed by atoms with Crippen molar-refractivity contribution in [2.24, 2.45) is 17.2 Å². The molecule has 0 radical (unpaired) electrons. The van der Waals surface area contributed by atoms with Crippen molar-refractivity contribution in [3.05, 3.63) is 48.0 Å². The molecule has 0 saturated carbocycles. The second kappa shape index (κ2) is 20.9.